The van der Waals surface area contributed by atoms with Crippen molar-refractivity contribution in [2.45, 2.75) is 6.92 Å². The molecule has 0 unspecified atom stereocenters. The molecule has 0 atom stereocenters. The lowest BCUT2D eigenvalue weighted by Crippen LogP contribution is -1.95. The molecule has 1 heterocycles. The van der Waals surface area contributed by atoms with Crippen LogP contribution >= 0.6 is 0 Å². The van der Waals surface area contributed by atoms with Crippen molar-refractivity contribution in [3.8, 4) is 5.75 Å². The lowest BCUT2D eigenvalue weighted by molar-refractivity contribution is 0.340. The van der Waals surface area contributed by atoms with Gasteiger partial charge in [0, 0.05) is 17.5 Å². The fraction of sp³-hybridized carbons (Fsp3) is 0.154. The highest BCUT2D eigenvalue weighted by Gasteiger charge is 1.98. The SMILES string of the molecule is C=C.CCOc1ccc2ccc(=O)oc2c1. The van der Waals surface area contributed by atoms with Gasteiger partial charge in [-0.25, -0.2) is 4.79 Å². The van der Waals surface area contributed by atoms with Gasteiger partial charge in [-0.3, -0.25) is 0 Å². The van der Waals surface area contributed by atoms with E-state index < -0.39 is 0 Å². The highest BCUT2D eigenvalue weighted by molar-refractivity contribution is 5.77. The maximum Gasteiger partial charge on any atom is 0.336 e. The number of benzene rings is 1. The molecule has 0 amide bonds. The molecule has 84 valence electrons. The molecule has 16 heavy (non-hydrogen) atoms. The highest BCUT2D eigenvalue weighted by atomic mass is 16.5. The van der Waals surface area contributed by atoms with Crippen LogP contribution in [0.25, 0.3) is 11.0 Å². The first-order valence-corrected chi connectivity index (χ1v) is 4.96. The second-order valence-electron chi connectivity index (χ2n) is 2.89. The van der Waals surface area contributed by atoms with Crippen LogP contribution in [0.15, 0.2) is 52.7 Å². The van der Waals surface area contributed by atoms with E-state index in [2.05, 4.69) is 13.2 Å². The molecule has 0 aliphatic heterocycles. The van der Waals surface area contributed by atoms with E-state index in [1.807, 2.05) is 19.1 Å². The maximum atomic E-state index is 10.9. The smallest absolute Gasteiger partial charge is 0.336 e. The van der Waals surface area contributed by atoms with Crippen molar-refractivity contribution in [2.75, 3.05) is 6.61 Å². The fourth-order valence-corrected chi connectivity index (χ4v) is 1.30. The Bertz CT molecular complexity index is 514. The van der Waals surface area contributed by atoms with Crippen molar-refractivity contribution in [3.05, 3.63) is 53.9 Å². The Morgan fingerprint density at radius 1 is 1.25 bits per heavy atom. The first kappa shape index (κ1) is 12.0. The van der Waals surface area contributed by atoms with Gasteiger partial charge in [-0.05, 0) is 25.1 Å². The molecule has 0 saturated heterocycles. The standard InChI is InChI=1S/C11H10O3.C2H4/c1-2-13-9-5-3-8-4-6-11(12)14-10(8)7-9;1-2/h3-7H,2H2,1H3;1-2H2. The molecular formula is C13H14O3. The van der Waals surface area contributed by atoms with Gasteiger partial charge >= 0.3 is 5.63 Å². The van der Waals surface area contributed by atoms with Crippen molar-refractivity contribution >= 4 is 11.0 Å². The van der Waals surface area contributed by atoms with Gasteiger partial charge in [0.25, 0.3) is 0 Å². The summed E-state index contributed by atoms with van der Waals surface area (Å²) in [6, 6.07) is 8.58. The number of hydrogen-bond acceptors (Lipinski definition) is 3. The Hall–Kier alpha value is -2.03. The topological polar surface area (TPSA) is 39.4 Å². The normalized spacial score (nSPS) is 9.31. The van der Waals surface area contributed by atoms with Crippen LogP contribution < -0.4 is 10.4 Å². The maximum absolute atomic E-state index is 10.9. The number of ether oxygens (including phenoxy) is 1. The third-order valence-electron chi connectivity index (χ3n) is 1.91. The molecule has 3 heteroatoms. The van der Waals surface area contributed by atoms with E-state index >= 15 is 0 Å². The van der Waals surface area contributed by atoms with Crippen LogP contribution in [0.5, 0.6) is 5.75 Å². The van der Waals surface area contributed by atoms with Gasteiger partial charge in [-0.15, -0.1) is 13.2 Å². The number of hydrogen-bond donors (Lipinski definition) is 0. The Labute approximate surface area is 94.0 Å². The van der Waals surface area contributed by atoms with Crippen molar-refractivity contribution in [1.82, 2.24) is 0 Å². The molecule has 0 N–H and O–H groups in total. The molecular weight excluding hydrogens is 204 g/mol. The van der Waals surface area contributed by atoms with Gasteiger partial charge < -0.3 is 9.15 Å². The zero-order valence-electron chi connectivity index (χ0n) is 9.23. The molecule has 2 aromatic rings. The van der Waals surface area contributed by atoms with E-state index in [9.17, 15) is 4.79 Å². The van der Waals surface area contributed by atoms with Gasteiger partial charge in [0.2, 0.25) is 0 Å². The van der Waals surface area contributed by atoms with E-state index in [4.69, 9.17) is 9.15 Å². The molecule has 0 fully saturated rings. The Morgan fingerprint density at radius 3 is 2.62 bits per heavy atom. The Morgan fingerprint density at radius 2 is 1.94 bits per heavy atom. The molecule has 0 saturated carbocycles. The van der Waals surface area contributed by atoms with Crippen LogP contribution in [0.1, 0.15) is 6.92 Å². The first-order chi connectivity index (χ1) is 7.79. The zero-order valence-corrected chi connectivity index (χ0v) is 9.23. The summed E-state index contributed by atoms with van der Waals surface area (Å²) < 4.78 is 10.3. The molecule has 1 aromatic carbocycles. The van der Waals surface area contributed by atoms with Crippen molar-refractivity contribution in [1.29, 1.82) is 0 Å². The van der Waals surface area contributed by atoms with E-state index in [0.29, 0.717) is 17.9 Å². The average Bonchev–Trinajstić information content (AvgIpc) is 2.31. The van der Waals surface area contributed by atoms with Crippen LogP contribution in [-0.4, -0.2) is 6.61 Å². The van der Waals surface area contributed by atoms with Crippen LogP contribution in [-0.2, 0) is 0 Å². The van der Waals surface area contributed by atoms with Crippen molar-refractivity contribution in [2.24, 2.45) is 0 Å². The third kappa shape index (κ3) is 2.73. The quantitative estimate of drug-likeness (QED) is 0.574. The monoisotopic (exact) mass is 218 g/mol. The van der Waals surface area contributed by atoms with Crippen molar-refractivity contribution in [3.63, 3.8) is 0 Å². The summed E-state index contributed by atoms with van der Waals surface area (Å²) in [5, 5.41) is 0.896. The summed E-state index contributed by atoms with van der Waals surface area (Å²) in [5.74, 6) is 0.717. The summed E-state index contributed by atoms with van der Waals surface area (Å²) in [7, 11) is 0. The lowest BCUT2D eigenvalue weighted by atomic mass is 10.2. The van der Waals surface area contributed by atoms with Gasteiger partial charge in [0.05, 0.1) is 6.61 Å². The minimum absolute atomic E-state index is 0.342. The number of rotatable bonds is 2. The predicted molar refractivity (Wildman–Crippen MR) is 64.9 cm³/mol. The van der Waals surface area contributed by atoms with Gasteiger partial charge in [0.15, 0.2) is 0 Å². The summed E-state index contributed by atoms with van der Waals surface area (Å²) in [4.78, 5) is 10.9. The molecule has 0 bridgehead atoms. The minimum Gasteiger partial charge on any atom is -0.494 e. The summed E-state index contributed by atoms with van der Waals surface area (Å²) in [6.45, 7) is 8.51. The largest absolute Gasteiger partial charge is 0.494 e. The van der Waals surface area contributed by atoms with Gasteiger partial charge in [-0.2, -0.15) is 0 Å². The Kier molecular flexibility index (Phi) is 4.33. The summed E-state index contributed by atoms with van der Waals surface area (Å²) in [5.41, 5.74) is 0.217. The minimum atomic E-state index is -0.342. The summed E-state index contributed by atoms with van der Waals surface area (Å²) >= 11 is 0. The van der Waals surface area contributed by atoms with E-state index in [1.165, 1.54) is 6.07 Å². The van der Waals surface area contributed by atoms with Gasteiger partial charge in [0.1, 0.15) is 11.3 Å². The first-order valence-electron chi connectivity index (χ1n) is 4.96. The second kappa shape index (κ2) is 5.75. The van der Waals surface area contributed by atoms with Crippen LogP contribution in [0, 0.1) is 0 Å². The second-order valence-corrected chi connectivity index (χ2v) is 2.89. The molecule has 0 aliphatic carbocycles. The zero-order chi connectivity index (χ0) is 12.0. The average molecular weight is 218 g/mol. The molecule has 0 radical (unpaired) electrons. The molecule has 1 aromatic heterocycles. The molecule has 0 aliphatic rings. The Balaban J connectivity index is 0.000000606. The van der Waals surface area contributed by atoms with E-state index in [0.717, 1.165) is 5.39 Å². The molecule has 3 nitrogen and oxygen atoms in total. The molecule has 0 spiro atoms. The number of fused-ring (bicyclic) bond motifs is 1. The van der Waals surface area contributed by atoms with E-state index in [-0.39, 0.29) is 5.63 Å². The highest BCUT2D eigenvalue weighted by Crippen LogP contribution is 2.19. The lowest BCUT2D eigenvalue weighted by Gasteiger charge is -2.02. The fourth-order valence-electron chi connectivity index (χ4n) is 1.30. The van der Waals surface area contributed by atoms with Crippen molar-refractivity contribution < 1.29 is 9.15 Å². The predicted octanol–water partition coefficient (Wildman–Crippen LogP) is 2.99. The van der Waals surface area contributed by atoms with Crippen LogP contribution in [0.4, 0.5) is 0 Å². The molecule has 2 rings (SSSR count). The van der Waals surface area contributed by atoms with E-state index in [1.54, 1.807) is 12.1 Å². The van der Waals surface area contributed by atoms with Crippen LogP contribution in [0.2, 0.25) is 0 Å². The third-order valence-corrected chi connectivity index (χ3v) is 1.91. The summed E-state index contributed by atoms with van der Waals surface area (Å²) in [6.07, 6.45) is 0. The van der Waals surface area contributed by atoms with Crippen LogP contribution in [0.3, 0.4) is 0 Å². The van der Waals surface area contributed by atoms with Gasteiger partial charge in [-0.1, -0.05) is 0 Å².